The molecule has 7 nitrogen and oxygen atoms in total. The van der Waals surface area contributed by atoms with Crippen LogP contribution in [0, 0.1) is 0 Å². The Bertz CT molecular complexity index is 641. The van der Waals surface area contributed by atoms with Gasteiger partial charge in [-0.05, 0) is 24.3 Å². The topological polar surface area (TPSA) is 118 Å². The van der Waals surface area contributed by atoms with Gasteiger partial charge in [0.15, 0.2) is 0 Å². The van der Waals surface area contributed by atoms with Crippen LogP contribution >= 0.6 is 11.8 Å². The molecule has 0 spiro atoms. The first kappa shape index (κ1) is 14.8. The maximum atomic E-state index is 12.4. The second-order valence-electron chi connectivity index (χ2n) is 4.13. The molecule has 1 aliphatic rings. The van der Waals surface area contributed by atoms with Gasteiger partial charge in [-0.15, -0.1) is 11.8 Å². The molecule has 0 aliphatic carbocycles. The fourth-order valence-corrected chi connectivity index (χ4v) is 4.92. The van der Waals surface area contributed by atoms with Gasteiger partial charge in [-0.25, -0.2) is 8.42 Å². The Morgan fingerprint density at radius 3 is 2.40 bits per heavy atom. The molecular weight excluding hydrogens is 304 g/mol. The smallest absolute Gasteiger partial charge is 0.322 e. The summed E-state index contributed by atoms with van der Waals surface area (Å²) in [7, 11) is -3.90. The van der Waals surface area contributed by atoms with Gasteiger partial charge in [-0.3, -0.25) is 9.59 Å². The Labute approximate surface area is 119 Å². The number of carboxylic acid groups (broad SMARTS) is 1. The lowest BCUT2D eigenvalue weighted by atomic mass is 10.2. The highest BCUT2D eigenvalue weighted by Gasteiger charge is 2.40. The van der Waals surface area contributed by atoms with Gasteiger partial charge in [0, 0.05) is 11.3 Å². The van der Waals surface area contributed by atoms with E-state index in [9.17, 15) is 18.0 Å². The number of amides is 1. The molecule has 1 saturated heterocycles. The number of thioether (sulfide) groups is 1. The van der Waals surface area contributed by atoms with Crippen LogP contribution in [0.15, 0.2) is 29.2 Å². The van der Waals surface area contributed by atoms with Crippen molar-refractivity contribution in [1.82, 2.24) is 4.31 Å². The molecule has 1 heterocycles. The monoisotopic (exact) mass is 316 g/mol. The number of carbonyl (C=O) groups excluding carboxylic acids is 1. The number of carbonyl (C=O) groups is 2. The predicted molar refractivity (Wildman–Crippen MR) is 72.7 cm³/mol. The summed E-state index contributed by atoms with van der Waals surface area (Å²) in [6.45, 7) is 0. The van der Waals surface area contributed by atoms with E-state index in [1.54, 1.807) is 0 Å². The van der Waals surface area contributed by atoms with Crippen molar-refractivity contribution >= 4 is 33.7 Å². The zero-order valence-corrected chi connectivity index (χ0v) is 11.9. The standard InChI is InChI=1S/C11H12N2O5S2/c12-10(14)7-1-3-8(4-2-7)20(17,18)13-6-19-5-9(13)11(15)16/h1-4,9H,5-6H2,(H2,12,14)(H,15,16). The summed E-state index contributed by atoms with van der Waals surface area (Å²) in [5, 5.41) is 9.03. The van der Waals surface area contributed by atoms with E-state index in [0.717, 1.165) is 4.31 Å². The van der Waals surface area contributed by atoms with Crippen LogP contribution in [-0.4, -0.2) is 47.4 Å². The third-order valence-corrected chi connectivity index (χ3v) is 5.92. The molecule has 1 amide bonds. The minimum absolute atomic E-state index is 0.0590. The Balaban J connectivity index is 2.35. The van der Waals surface area contributed by atoms with Gasteiger partial charge < -0.3 is 10.8 Å². The number of hydrogen-bond donors (Lipinski definition) is 2. The van der Waals surface area contributed by atoms with Crippen LogP contribution in [0.2, 0.25) is 0 Å². The average Bonchev–Trinajstić information content (AvgIpc) is 2.89. The molecule has 0 saturated carbocycles. The minimum atomic E-state index is -3.90. The molecule has 9 heteroatoms. The van der Waals surface area contributed by atoms with Crippen molar-refractivity contribution in [3.63, 3.8) is 0 Å². The Morgan fingerprint density at radius 2 is 1.90 bits per heavy atom. The van der Waals surface area contributed by atoms with E-state index >= 15 is 0 Å². The second kappa shape index (κ2) is 5.43. The molecule has 1 aromatic rings. The maximum absolute atomic E-state index is 12.4. The molecule has 108 valence electrons. The van der Waals surface area contributed by atoms with Gasteiger partial charge in [0.25, 0.3) is 0 Å². The number of hydrogen-bond acceptors (Lipinski definition) is 5. The number of primary amides is 1. The number of sulfonamides is 1. The molecule has 2 rings (SSSR count). The van der Waals surface area contributed by atoms with Crippen LogP contribution in [0.5, 0.6) is 0 Å². The molecule has 0 radical (unpaired) electrons. The van der Waals surface area contributed by atoms with Gasteiger partial charge in [-0.1, -0.05) is 0 Å². The van der Waals surface area contributed by atoms with E-state index in [-0.39, 0.29) is 22.1 Å². The van der Waals surface area contributed by atoms with Crippen molar-refractivity contribution in [2.75, 3.05) is 11.6 Å². The van der Waals surface area contributed by atoms with E-state index < -0.39 is 27.9 Å². The summed E-state index contributed by atoms with van der Waals surface area (Å²) in [4.78, 5) is 21.9. The highest BCUT2D eigenvalue weighted by atomic mass is 32.2. The summed E-state index contributed by atoms with van der Waals surface area (Å²) >= 11 is 1.24. The van der Waals surface area contributed by atoms with Crippen LogP contribution in [0.1, 0.15) is 10.4 Å². The largest absolute Gasteiger partial charge is 0.480 e. The summed E-state index contributed by atoms with van der Waals surface area (Å²) in [6.07, 6.45) is 0. The predicted octanol–water partition coefficient (Wildman–Crippen LogP) is -0.0663. The van der Waals surface area contributed by atoms with E-state index in [4.69, 9.17) is 10.8 Å². The summed E-state index contributed by atoms with van der Waals surface area (Å²) in [5.74, 6) is -1.52. The van der Waals surface area contributed by atoms with E-state index in [2.05, 4.69) is 0 Å². The molecule has 1 aliphatic heterocycles. The van der Waals surface area contributed by atoms with Gasteiger partial charge in [0.1, 0.15) is 6.04 Å². The van der Waals surface area contributed by atoms with Crippen LogP contribution in [0.4, 0.5) is 0 Å². The van der Waals surface area contributed by atoms with E-state index in [0.29, 0.717) is 0 Å². The first-order valence-electron chi connectivity index (χ1n) is 5.56. The fraction of sp³-hybridized carbons (Fsp3) is 0.273. The Hall–Kier alpha value is -1.58. The average molecular weight is 316 g/mol. The number of benzene rings is 1. The van der Waals surface area contributed by atoms with Crippen molar-refractivity contribution < 1.29 is 23.1 Å². The molecule has 1 aromatic carbocycles. The second-order valence-corrected chi connectivity index (χ2v) is 7.03. The molecule has 0 bridgehead atoms. The SMILES string of the molecule is NC(=O)c1ccc(S(=O)(=O)N2CSCC2C(=O)O)cc1. The highest BCUT2D eigenvalue weighted by Crippen LogP contribution is 2.28. The van der Waals surface area contributed by atoms with Crippen molar-refractivity contribution in [3.8, 4) is 0 Å². The van der Waals surface area contributed by atoms with E-state index in [1.807, 2.05) is 0 Å². The van der Waals surface area contributed by atoms with Crippen molar-refractivity contribution in [2.45, 2.75) is 10.9 Å². The van der Waals surface area contributed by atoms with Crippen molar-refractivity contribution in [1.29, 1.82) is 0 Å². The number of carboxylic acids is 1. The molecule has 1 fully saturated rings. The van der Waals surface area contributed by atoms with E-state index in [1.165, 1.54) is 36.0 Å². The van der Waals surface area contributed by atoms with Crippen LogP contribution < -0.4 is 5.73 Å². The fourth-order valence-electron chi connectivity index (χ4n) is 1.79. The third kappa shape index (κ3) is 2.65. The number of rotatable bonds is 4. The lowest BCUT2D eigenvalue weighted by Gasteiger charge is -2.20. The van der Waals surface area contributed by atoms with Crippen molar-refractivity contribution in [3.05, 3.63) is 29.8 Å². The summed E-state index contributed by atoms with van der Waals surface area (Å²) in [6, 6.07) is 4.03. The number of nitrogens with two attached hydrogens (primary N) is 1. The molecule has 3 N–H and O–H groups in total. The van der Waals surface area contributed by atoms with Crippen LogP contribution in [0.25, 0.3) is 0 Å². The maximum Gasteiger partial charge on any atom is 0.322 e. The molecule has 20 heavy (non-hydrogen) atoms. The summed E-state index contributed by atoms with van der Waals surface area (Å²) in [5.41, 5.74) is 5.27. The van der Waals surface area contributed by atoms with Crippen molar-refractivity contribution in [2.24, 2.45) is 5.73 Å². The number of aliphatic carboxylic acids is 1. The van der Waals surface area contributed by atoms with Gasteiger partial charge >= 0.3 is 5.97 Å². The molecular formula is C11H12N2O5S2. The molecule has 1 atom stereocenters. The summed E-state index contributed by atoms with van der Waals surface area (Å²) < 4.78 is 25.7. The quantitative estimate of drug-likeness (QED) is 0.803. The number of nitrogens with zero attached hydrogens (tertiary/aromatic N) is 1. The van der Waals surface area contributed by atoms with Gasteiger partial charge in [-0.2, -0.15) is 4.31 Å². The first-order chi connectivity index (χ1) is 9.34. The Kier molecular flexibility index (Phi) is 4.02. The van der Waals surface area contributed by atoms with Crippen LogP contribution in [0.3, 0.4) is 0 Å². The lowest BCUT2D eigenvalue weighted by Crippen LogP contribution is -2.41. The Morgan fingerprint density at radius 1 is 1.30 bits per heavy atom. The zero-order chi connectivity index (χ0) is 14.9. The highest BCUT2D eigenvalue weighted by molar-refractivity contribution is 8.00. The zero-order valence-electron chi connectivity index (χ0n) is 10.2. The van der Waals surface area contributed by atoms with Gasteiger partial charge in [0.2, 0.25) is 15.9 Å². The molecule has 1 unspecified atom stereocenters. The lowest BCUT2D eigenvalue weighted by molar-refractivity contribution is -0.140. The van der Waals surface area contributed by atoms with Gasteiger partial charge in [0.05, 0.1) is 10.8 Å². The van der Waals surface area contributed by atoms with Crippen LogP contribution in [-0.2, 0) is 14.8 Å². The first-order valence-corrected chi connectivity index (χ1v) is 8.16. The third-order valence-electron chi connectivity index (χ3n) is 2.87. The normalized spacial score (nSPS) is 19.9. The molecule has 0 aromatic heterocycles. The minimum Gasteiger partial charge on any atom is -0.480 e.